The van der Waals surface area contributed by atoms with Gasteiger partial charge in [-0.3, -0.25) is 19.2 Å². The minimum Gasteiger partial charge on any atom is -0.382 e. The summed E-state index contributed by atoms with van der Waals surface area (Å²) in [5, 5.41) is 4.05. The zero-order valence-corrected chi connectivity index (χ0v) is 10.7. The Balaban J connectivity index is 1.87. The van der Waals surface area contributed by atoms with Crippen molar-refractivity contribution < 1.29 is 9.59 Å². The number of likely N-dealkylation sites (tertiary alicyclic amines) is 1. The van der Waals surface area contributed by atoms with Gasteiger partial charge in [-0.05, 0) is 12.5 Å². The lowest BCUT2D eigenvalue weighted by atomic mass is 10.00. The smallest absolute Gasteiger partial charge is 0.232 e. The second-order valence-electron chi connectivity index (χ2n) is 4.76. The van der Waals surface area contributed by atoms with Gasteiger partial charge >= 0.3 is 0 Å². The molecule has 2 atom stereocenters. The van der Waals surface area contributed by atoms with Crippen molar-refractivity contribution in [1.82, 2.24) is 14.7 Å². The van der Waals surface area contributed by atoms with Crippen molar-refractivity contribution in [1.29, 1.82) is 0 Å². The van der Waals surface area contributed by atoms with E-state index in [1.807, 2.05) is 0 Å². The van der Waals surface area contributed by atoms with Crippen molar-refractivity contribution in [2.45, 2.75) is 26.8 Å². The summed E-state index contributed by atoms with van der Waals surface area (Å²) < 4.78 is 1.72. The highest BCUT2D eigenvalue weighted by atomic mass is 16.2. The molecule has 2 amide bonds. The number of rotatable bonds is 4. The van der Waals surface area contributed by atoms with Gasteiger partial charge in [0.1, 0.15) is 5.82 Å². The number of carbonyl (C=O) groups is 2. The van der Waals surface area contributed by atoms with E-state index in [0.29, 0.717) is 25.3 Å². The van der Waals surface area contributed by atoms with Gasteiger partial charge in [-0.2, -0.15) is 5.10 Å². The molecule has 0 spiro atoms. The van der Waals surface area contributed by atoms with Gasteiger partial charge in [-0.15, -0.1) is 0 Å². The van der Waals surface area contributed by atoms with Gasteiger partial charge in [0, 0.05) is 31.1 Å². The summed E-state index contributed by atoms with van der Waals surface area (Å²) in [6, 6.07) is 1.72. The van der Waals surface area contributed by atoms with Gasteiger partial charge in [0.05, 0.1) is 0 Å². The van der Waals surface area contributed by atoms with E-state index in [1.165, 1.54) is 4.90 Å². The molecule has 0 bridgehead atoms. The maximum absolute atomic E-state index is 11.8. The van der Waals surface area contributed by atoms with Gasteiger partial charge < -0.3 is 5.73 Å². The van der Waals surface area contributed by atoms with Crippen LogP contribution >= 0.6 is 0 Å². The maximum atomic E-state index is 11.8. The molecular weight excluding hydrogens is 232 g/mol. The van der Waals surface area contributed by atoms with Crippen LogP contribution in [0.15, 0.2) is 12.3 Å². The van der Waals surface area contributed by atoms with Crippen LogP contribution in [0.3, 0.4) is 0 Å². The fourth-order valence-electron chi connectivity index (χ4n) is 2.14. The van der Waals surface area contributed by atoms with Gasteiger partial charge in [0.2, 0.25) is 11.8 Å². The lowest BCUT2D eigenvalue weighted by Crippen LogP contribution is -2.32. The Bertz CT molecular complexity index is 448. The summed E-state index contributed by atoms with van der Waals surface area (Å²) in [6.07, 6.45) is 2.48. The van der Waals surface area contributed by atoms with Crippen LogP contribution in [0.4, 0.5) is 5.82 Å². The first kappa shape index (κ1) is 12.6. The molecule has 0 aliphatic carbocycles. The van der Waals surface area contributed by atoms with E-state index in [-0.39, 0.29) is 23.7 Å². The molecule has 0 aromatic carbocycles. The molecule has 2 heterocycles. The quantitative estimate of drug-likeness (QED) is 0.789. The Morgan fingerprint density at radius 2 is 1.83 bits per heavy atom. The Morgan fingerprint density at radius 3 is 2.33 bits per heavy atom. The number of aromatic nitrogens is 2. The van der Waals surface area contributed by atoms with E-state index in [2.05, 4.69) is 5.10 Å². The summed E-state index contributed by atoms with van der Waals surface area (Å²) in [6.45, 7) is 4.71. The van der Waals surface area contributed by atoms with E-state index in [1.54, 1.807) is 30.8 Å². The third-order valence-electron chi connectivity index (χ3n) is 3.49. The molecule has 1 aliphatic rings. The van der Waals surface area contributed by atoms with Crippen LogP contribution < -0.4 is 5.73 Å². The molecule has 2 rings (SSSR count). The van der Waals surface area contributed by atoms with Crippen molar-refractivity contribution in [2.24, 2.45) is 11.8 Å². The Kier molecular flexibility index (Phi) is 3.36. The van der Waals surface area contributed by atoms with Gasteiger partial charge in [-0.25, -0.2) is 0 Å². The fourth-order valence-corrected chi connectivity index (χ4v) is 2.14. The first-order chi connectivity index (χ1) is 8.50. The largest absolute Gasteiger partial charge is 0.382 e. The van der Waals surface area contributed by atoms with E-state index in [9.17, 15) is 9.59 Å². The first-order valence-electron chi connectivity index (χ1n) is 6.15. The third-order valence-corrected chi connectivity index (χ3v) is 3.49. The van der Waals surface area contributed by atoms with Crippen LogP contribution in [-0.4, -0.2) is 33.0 Å². The second kappa shape index (κ2) is 4.80. The van der Waals surface area contributed by atoms with Crippen molar-refractivity contribution in [3.05, 3.63) is 12.3 Å². The van der Waals surface area contributed by atoms with Crippen LogP contribution in [0.2, 0.25) is 0 Å². The topological polar surface area (TPSA) is 81.2 Å². The normalized spacial score (nSPS) is 24.0. The van der Waals surface area contributed by atoms with E-state index in [4.69, 9.17) is 5.73 Å². The van der Waals surface area contributed by atoms with Crippen LogP contribution in [0, 0.1) is 11.8 Å². The van der Waals surface area contributed by atoms with Gasteiger partial charge in [0.25, 0.3) is 0 Å². The van der Waals surface area contributed by atoms with Crippen molar-refractivity contribution >= 4 is 17.6 Å². The van der Waals surface area contributed by atoms with E-state index < -0.39 is 0 Å². The monoisotopic (exact) mass is 250 g/mol. The van der Waals surface area contributed by atoms with Crippen molar-refractivity contribution in [3.63, 3.8) is 0 Å². The summed E-state index contributed by atoms with van der Waals surface area (Å²) in [7, 11) is 0. The highest BCUT2D eigenvalue weighted by molar-refractivity contribution is 6.04. The SMILES string of the molecule is CC1C(=O)N(CCCn2ccc(N)n2)C(=O)C1C. The molecule has 6 nitrogen and oxygen atoms in total. The number of nitrogen functional groups attached to an aromatic ring is 1. The number of amides is 2. The molecule has 2 N–H and O–H groups in total. The Labute approximate surface area is 106 Å². The van der Waals surface area contributed by atoms with Crippen LogP contribution in [-0.2, 0) is 16.1 Å². The molecule has 0 radical (unpaired) electrons. The summed E-state index contributed by atoms with van der Waals surface area (Å²) >= 11 is 0. The lowest BCUT2D eigenvalue weighted by Gasteiger charge is -2.14. The van der Waals surface area contributed by atoms with E-state index in [0.717, 1.165) is 0 Å². The number of hydrogen-bond acceptors (Lipinski definition) is 4. The molecule has 6 heteroatoms. The molecule has 1 fully saturated rings. The molecule has 98 valence electrons. The molecule has 1 aromatic rings. The Morgan fingerprint density at radius 1 is 1.22 bits per heavy atom. The third kappa shape index (κ3) is 2.23. The van der Waals surface area contributed by atoms with Gasteiger partial charge in [-0.1, -0.05) is 13.8 Å². The lowest BCUT2D eigenvalue weighted by molar-refractivity contribution is -0.139. The maximum Gasteiger partial charge on any atom is 0.232 e. The number of hydrogen-bond donors (Lipinski definition) is 1. The first-order valence-corrected chi connectivity index (χ1v) is 6.15. The molecule has 1 saturated heterocycles. The zero-order valence-electron chi connectivity index (χ0n) is 10.7. The summed E-state index contributed by atoms with van der Waals surface area (Å²) in [5.74, 6) is -0.0405. The van der Waals surface area contributed by atoms with Crippen LogP contribution in [0.1, 0.15) is 20.3 Å². The molecule has 1 aliphatic heterocycles. The van der Waals surface area contributed by atoms with Crippen molar-refractivity contribution in [2.75, 3.05) is 12.3 Å². The van der Waals surface area contributed by atoms with Crippen LogP contribution in [0.25, 0.3) is 0 Å². The van der Waals surface area contributed by atoms with Crippen molar-refractivity contribution in [3.8, 4) is 0 Å². The number of carbonyl (C=O) groups excluding carboxylic acids is 2. The van der Waals surface area contributed by atoms with Crippen LogP contribution in [0.5, 0.6) is 0 Å². The minimum absolute atomic E-state index is 0.0625. The predicted octanol–water partition coefficient (Wildman–Crippen LogP) is 0.496. The molecule has 1 aromatic heterocycles. The van der Waals surface area contributed by atoms with E-state index >= 15 is 0 Å². The molecular formula is C12H18N4O2. The predicted molar refractivity (Wildman–Crippen MR) is 66.3 cm³/mol. The molecule has 18 heavy (non-hydrogen) atoms. The fraction of sp³-hybridized carbons (Fsp3) is 0.583. The number of imide groups is 1. The number of nitrogens with zero attached hydrogens (tertiary/aromatic N) is 3. The number of aryl methyl sites for hydroxylation is 1. The average molecular weight is 250 g/mol. The molecule has 0 saturated carbocycles. The zero-order chi connectivity index (χ0) is 13.3. The standard InChI is InChI=1S/C12H18N4O2/c1-8-9(2)12(18)16(11(8)17)6-3-5-15-7-4-10(13)14-15/h4,7-9H,3,5-6H2,1-2H3,(H2,13,14). The highest BCUT2D eigenvalue weighted by Gasteiger charge is 2.41. The number of nitrogens with two attached hydrogens (primary N) is 1. The summed E-state index contributed by atoms with van der Waals surface area (Å²) in [4.78, 5) is 25.0. The minimum atomic E-state index is -0.196. The number of anilines is 1. The van der Waals surface area contributed by atoms with Gasteiger partial charge in [0.15, 0.2) is 0 Å². The average Bonchev–Trinajstić information content (AvgIpc) is 2.83. The summed E-state index contributed by atoms with van der Waals surface area (Å²) in [5.41, 5.74) is 5.50. The highest BCUT2D eigenvalue weighted by Crippen LogP contribution is 2.25. The second-order valence-corrected chi connectivity index (χ2v) is 4.76. The molecule has 2 unspecified atom stereocenters. The Hall–Kier alpha value is -1.85.